The molecule has 1 atom stereocenters. The minimum atomic E-state index is -0.312. The zero-order valence-corrected chi connectivity index (χ0v) is 13.1. The minimum Gasteiger partial charge on any atom is -0.355 e. The Morgan fingerprint density at radius 2 is 2.00 bits per heavy atom. The van der Waals surface area contributed by atoms with Gasteiger partial charge in [0.2, 0.25) is 5.91 Å². The summed E-state index contributed by atoms with van der Waals surface area (Å²) >= 11 is 0. The number of piperidine rings is 1. The number of carbonyl (C=O) groups excluding carboxylic acids is 1. The molecule has 1 amide bonds. The fraction of sp³-hybridized carbons (Fsp3) is 0.588. The average Bonchev–Trinajstić information content (AvgIpc) is 2.85. The van der Waals surface area contributed by atoms with Crippen LogP contribution in [0.25, 0.3) is 0 Å². The van der Waals surface area contributed by atoms with Crippen molar-refractivity contribution in [3.63, 3.8) is 0 Å². The molecule has 22 heavy (non-hydrogen) atoms. The van der Waals surface area contributed by atoms with Gasteiger partial charge in [0, 0.05) is 25.6 Å². The second kappa shape index (κ2) is 6.34. The van der Waals surface area contributed by atoms with E-state index in [1.54, 1.807) is 0 Å². The summed E-state index contributed by atoms with van der Waals surface area (Å²) in [5, 5.41) is 6.21. The lowest BCUT2D eigenvalue weighted by molar-refractivity contribution is -0.130. The third kappa shape index (κ3) is 2.75. The number of nitrogens with zero attached hydrogens (tertiary/aromatic N) is 1. The molecule has 0 aromatic heterocycles. The fourth-order valence-corrected chi connectivity index (χ4v) is 3.88. The van der Waals surface area contributed by atoms with E-state index in [0.717, 1.165) is 44.6 Å². The molecule has 0 saturated carbocycles. The highest BCUT2D eigenvalue weighted by Crippen LogP contribution is 2.47. The van der Waals surface area contributed by atoms with Gasteiger partial charge < -0.3 is 15.5 Å². The number of rotatable bonds is 4. The molecule has 1 unspecified atom stereocenters. The quantitative estimate of drug-likeness (QED) is 0.882. The molecule has 2 fully saturated rings. The fourth-order valence-electron chi connectivity index (χ4n) is 3.88. The molecule has 5 heteroatoms. The van der Waals surface area contributed by atoms with Crippen molar-refractivity contribution in [2.24, 2.45) is 5.41 Å². The van der Waals surface area contributed by atoms with E-state index in [-0.39, 0.29) is 23.1 Å². The number of hydrogen-bond acceptors (Lipinski definition) is 3. The van der Waals surface area contributed by atoms with Gasteiger partial charge in [0.15, 0.2) is 0 Å². The van der Waals surface area contributed by atoms with Crippen molar-refractivity contribution in [3.8, 4) is 0 Å². The number of likely N-dealkylation sites (tertiary alicyclic amines) is 1. The van der Waals surface area contributed by atoms with E-state index in [1.165, 1.54) is 12.1 Å². The Hall–Kier alpha value is -1.46. The molecule has 4 nitrogen and oxygen atoms in total. The highest BCUT2D eigenvalue weighted by Gasteiger charge is 2.51. The van der Waals surface area contributed by atoms with Crippen LogP contribution in [-0.2, 0) is 4.79 Å². The summed E-state index contributed by atoms with van der Waals surface area (Å²) in [6.07, 6.45) is 1.76. The van der Waals surface area contributed by atoms with Crippen LogP contribution in [0.5, 0.6) is 0 Å². The first kappa shape index (κ1) is 15.4. The maximum absolute atomic E-state index is 13.2. The van der Waals surface area contributed by atoms with Gasteiger partial charge >= 0.3 is 0 Å². The van der Waals surface area contributed by atoms with Crippen molar-refractivity contribution in [2.75, 3.05) is 39.8 Å². The predicted octanol–water partition coefficient (Wildman–Crippen LogP) is 1.34. The zero-order chi connectivity index (χ0) is 15.6. The molecule has 3 rings (SSSR count). The Kier molecular flexibility index (Phi) is 4.45. The number of benzene rings is 1. The Balaban J connectivity index is 1.75. The molecule has 0 bridgehead atoms. The molecule has 0 aliphatic carbocycles. The van der Waals surface area contributed by atoms with E-state index in [1.807, 2.05) is 19.2 Å². The highest BCUT2D eigenvalue weighted by atomic mass is 19.1. The highest BCUT2D eigenvalue weighted by molar-refractivity contribution is 5.86. The Labute approximate surface area is 131 Å². The lowest BCUT2D eigenvalue weighted by atomic mass is 9.68. The van der Waals surface area contributed by atoms with Crippen molar-refractivity contribution >= 4 is 5.91 Å². The van der Waals surface area contributed by atoms with Crippen molar-refractivity contribution in [1.29, 1.82) is 0 Å². The predicted molar refractivity (Wildman–Crippen MR) is 84.2 cm³/mol. The van der Waals surface area contributed by atoms with Crippen LogP contribution in [0.2, 0.25) is 0 Å². The number of nitrogens with one attached hydrogen (secondary N) is 2. The summed E-state index contributed by atoms with van der Waals surface area (Å²) in [6.45, 7) is 4.57. The summed E-state index contributed by atoms with van der Waals surface area (Å²) < 4.78 is 13.2. The first-order chi connectivity index (χ1) is 10.7. The van der Waals surface area contributed by atoms with E-state index in [2.05, 4.69) is 15.5 Å². The normalized spacial score (nSPS) is 24.6. The lowest BCUT2D eigenvalue weighted by Gasteiger charge is -2.41. The second-order valence-electron chi connectivity index (χ2n) is 6.42. The van der Waals surface area contributed by atoms with Gasteiger partial charge in [0.05, 0.1) is 5.41 Å². The minimum absolute atomic E-state index is 0.159. The van der Waals surface area contributed by atoms with E-state index < -0.39 is 0 Å². The smallest absolute Gasteiger partial charge is 0.227 e. The van der Waals surface area contributed by atoms with Crippen molar-refractivity contribution in [1.82, 2.24) is 15.5 Å². The average molecular weight is 305 g/mol. The number of hydrogen-bond donors (Lipinski definition) is 2. The summed E-state index contributed by atoms with van der Waals surface area (Å²) in [7, 11) is 1.96. The van der Waals surface area contributed by atoms with Gasteiger partial charge in [-0.25, -0.2) is 4.39 Å². The Bertz CT molecular complexity index is 523. The van der Waals surface area contributed by atoms with E-state index >= 15 is 0 Å². The summed E-state index contributed by atoms with van der Waals surface area (Å²) in [4.78, 5) is 14.9. The van der Waals surface area contributed by atoms with Crippen LogP contribution >= 0.6 is 0 Å². The first-order valence-corrected chi connectivity index (χ1v) is 8.06. The molecular formula is C17H24FN3O. The largest absolute Gasteiger partial charge is 0.355 e. The van der Waals surface area contributed by atoms with Crippen LogP contribution < -0.4 is 10.6 Å². The third-order valence-corrected chi connectivity index (χ3v) is 5.28. The number of likely N-dealkylation sites (N-methyl/N-ethyl adjacent to an activating group) is 1. The molecular weight excluding hydrogens is 281 g/mol. The van der Waals surface area contributed by atoms with Crippen LogP contribution in [0.1, 0.15) is 24.3 Å². The molecule has 0 radical (unpaired) electrons. The first-order valence-electron chi connectivity index (χ1n) is 8.06. The number of halogens is 1. The molecule has 2 heterocycles. The second-order valence-corrected chi connectivity index (χ2v) is 6.42. The van der Waals surface area contributed by atoms with E-state index in [9.17, 15) is 9.18 Å². The third-order valence-electron chi connectivity index (χ3n) is 5.28. The summed E-state index contributed by atoms with van der Waals surface area (Å²) in [5.41, 5.74) is 0.761. The molecule has 2 aliphatic heterocycles. The maximum Gasteiger partial charge on any atom is 0.227 e. The standard InChI is InChI=1S/C17H24FN3O/c1-19-8-11-21-9-6-17(7-10-21)15(12-20-16(17)22)13-2-4-14(18)5-3-13/h2-5,15,19H,6-12H2,1H3,(H,20,22). The molecule has 2 N–H and O–H groups in total. The zero-order valence-electron chi connectivity index (χ0n) is 13.1. The van der Waals surface area contributed by atoms with Gasteiger partial charge in [-0.05, 0) is 50.7 Å². The molecule has 1 aromatic rings. The molecule has 1 aromatic carbocycles. The van der Waals surface area contributed by atoms with Crippen molar-refractivity contribution in [2.45, 2.75) is 18.8 Å². The molecule has 1 spiro atoms. The summed E-state index contributed by atoms with van der Waals surface area (Å²) in [5.74, 6) is 0.110. The van der Waals surface area contributed by atoms with Crippen molar-refractivity contribution < 1.29 is 9.18 Å². The van der Waals surface area contributed by atoms with Crippen LogP contribution in [0.3, 0.4) is 0 Å². The van der Waals surface area contributed by atoms with Crippen LogP contribution in [0, 0.1) is 11.2 Å². The van der Waals surface area contributed by atoms with Gasteiger partial charge in [0.25, 0.3) is 0 Å². The van der Waals surface area contributed by atoms with Gasteiger partial charge in [-0.2, -0.15) is 0 Å². The number of amides is 1. The van der Waals surface area contributed by atoms with Crippen molar-refractivity contribution in [3.05, 3.63) is 35.6 Å². The van der Waals surface area contributed by atoms with Crippen LogP contribution in [-0.4, -0.2) is 50.6 Å². The van der Waals surface area contributed by atoms with Gasteiger partial charge in [-0.15, -0.1) is 0 Å². The SMILES string of the molecule is CNCCN1CCC2(CC1)C(=O)NCC2c1ccc(F)cc1. The lowest BCUT2D eigenvalue weighted by Crippen LogP contribution is -2.47. The monoisotopic (exact) mass is 305 g/mol. The summed E-state index contributed by atoms with van der Waals surface area (Å²) in [6, 6.07) is 6.65. The molecule has 2 saturated heterocycles. The van der Waals surface area contributed by atoms with Crippen LogP contribution in [0.4, 0.5) is 4.39 Å². The topological polar surface area (TPSA) is 44.4 Å². The van der Waals surface area contributed by atoms with E-state index in [4.69, 9.17) is 0 Å². The Morgan fingerprint density at radius 1 is 1.32 bits per heavy atom. The van der Waals surface area contributed by atoms with E-state index in [0.29, 0.717) is 6.54 Å². The molecule has 2 aliphatic rings. The van der Waals surface area contributed by atoms with Gasteiger partial charge in [-0.1, -0.05) is 12.1 Å². The Morgan fingerprint density at radius 3 is 2.64 bits per heavy atom. The maximum atomic E-state index is 13.2. The van der Waals surface area contributed by atoms with Gasteiger partial charge in [0.1, 0.15) is 5.82 Å². The van der Waals surface area contributed by atoms with Crippen LogP contribution in [0.15, 0.2) is 24.3 Å². The molecule has 120 valence electrons. The van der Waals surface area contributed by atoms with Gasteiger partial charge in [-0.3, -0.25) is 4.79 Å². The number of carbonyl (C=O) groups is 1.